The van der Waals surface area contributed by atoms with Gasteiger partial charge in [-0.05, 0) is 37.0 Å². The third kappa shape index (κ3) is 3.32. The van der Waals surface area contributed by atoms with Crippen LogP contribution in [-0.4, -0.2) is 11.7 Å². The van der Waals surface area contributed by atoms with Gasteiger partial charge < -0.3 is 15.2 Å². The van der Waals surface area contributed by atoms with E-state index in [1.807, 2.05) is 24.3 Å². The van der Waals surface area contributed by atoms with Crippen molar-refractivity contribution in [1.29, 1.82) is 0 Å². The Hall–Kier alpha value is -1.84. The van der Waals surface area contributed by atoms with Crippen molar-refractivity contribution in [3.63, 3.8) is 0 Å². The highest BCUT2D eigenvalue weighted by atomic mass is 16.5. The van der Waals surface area contributed by atoms with Crippen LogP contribution >= 0.6 is 0 Å². The van der Waals surface area contributed by atoms with Crippen molar-refractivity contribution in [3.8, 4) is 5.75 Å². The predicted octanol–water partition coefficient (Wildman–Crippen LogP) is 3.74. The molecule has 0 saturated heterocycles. The average molecular weight is 297 g/mol. The minimum absolute atomic E-state index is 0.0840. The maximum absolute atomic E-state index is 9.30. The van der Waals surface area contributed by atoms with Gasteiger partial charge in [0.05, 0.1) is 13.2 Å². The van der Waals surface area contributed by atoms with E-state index in [0.717, 1.165) is 30.8 Å². The van der Waals surface area contributed by atoms with Crippen LogP contribution in [0.2, 0.25) is 0 Å². The molecule has 2 aromatic rings. The first-order valence-electron chi connectivity index (χ1n) is 7.95. The van der Waals surface area contributed by atoms with Gasteiger partial charge in [0.2, 0.25) is 0 Å². The van der Waals surface area contributed by atoms with Crippen LogP contribution in [0.15, 0.2) is 48.5 Å². The second-order valence-corrected chi connectivity index (χ2v) is 5.87. The SMILES string of the molecule is CC(NC1CCCOc2ccccc21)c1cccc(CO)c1. The van der Waals surface area contributed by atoms with Gasteiger partial charge in [-0.25, -0.2) is 0 Å². The molecule has 116 valence electrons. The molecule has 1 heterocycles. The fourth-order valence-electron chi connectivity index (χ4n) is 3.06. The number of para-hydroxylation sites is 1. The maximum atomic E-state index is 9.30. The molecule has 0 aliphatic carbocycles. The van der Waals surface area contributed by atoms with Gasteiger partial charge >= 0.3 is 0 Å². The lowest BCUT2D eigenvalue weighted by Crippen LogP contribution is -2.24. The van der Waals surface area contributed by atoms with Gasteiger partial charge in [-0.3, -0.25) is 0 Å². The Kier molecular flexibility index (Phi) is 4.76. The second kappa shape index (κ2) is 6.95. The first-order chi connectivity index (χ1) is 10.8. The third-order valence-electron chi connectivity index (χ3n) is 4.27. The van der Waals surface area contributed by atoms with Gasteiger partial charge in [0, 0.05) is 17.6 Å². The lowest BCUT2D eigenvalue weighted by Gasteiger charge is -2.24. The van der Waals surface area contributed by atoms with E-state index in [2.05, 4.69) is 36.5 Å². The summed E-state index contributed by atoms with van der Waals surface area (Å²) in [6.07, 6.45) is 2.12. The summed E-state index contributed by atoms with van der Waals surface area (Å²) in [5, 5.41) is 13.0. The molecule has 0 aromatic heterocycles. The number of rotatable bonds is 4. The van der Waals surface area contributed by atoms with E-state index < -0.39 is 0 Å². The Morgan fingerprint density at radius 3 is 2.95 bits per heavy atom. The Morgan fingerprint density at radius 1 is 1.23 bits per heavy atom. The van der Waals surface area contributed by atoms with E-state index >= 15 is 0 Å². The van der Waals surface area contributed by atoms with E-state index in [1.54, 1.807) is 0 Å². The van der Waals surface area contributed by atoms with Crippen LogP contribution in [-0.2, 0) is 6.61 Å². The molecule has 0 bridgehead atoms. The summed E-state index contributed by atoms with van der Waals surface area (Å²) >= 11 is 0. The molecule has 0 spiro atoms. The zero-order valence-corrected chi connectivity index (χ0v) is 13.0. The first-order valence-corrected chi connectivity index (χ1v) is 7.95. The lowest BCUT2D eigenvalue weighted by atomic mass is 9.99. The highest BCUT2D eigenvalue weighted by Gasteiger charge is 2.21. The minimum atomic E-state index is 0.0840. The zero-order valence-electron chi connectivity index (χ0n) is 13.0. The molecule has 2 N–H and O–H groups in total. The normalized spacial score (nSPS) is 18.9. The number of benzene rings is 2. The van der Waals surface area contributed by atoms with Crippen molar-refractivity contribution in [2.75, 3.05) is 6.61 Å². The fraction of sp³-hybridized carbons (Fsp3) is 0.368. The van der Waals surface area contributed by atoms with Gasteiger partial charge in [0.25, 0.3) is 0 Å². The lowest BCUT2D eigenvalue weighted by molar-refractivity contribution is 0.281. The molecule has 0 amide bonds. The molecule has 22 heavy (non-hydrogen) atoms. The van der Waals surface area contributed by atoms with Crippen LogP contribution in [0.3, 0.4) is 0 Å². The van der Waals surface area contributed by atoms with Crippen LogP contribution in [0.5, 0.6) is 5.75 Å². The molecule has 2 unspecified atom stereocenters. The van der Waals surface area contributed by atoms with Crippen LogP contribution < -0.4 is 10.1 Å². The largest absolute Gasteiger partial charge is 0.493 e. The van der Waals surface area contributed by atoms with E-state index in [4.69, 9.17) is 4.74 Å². The van der Waals surface area contributed by atoms with Crippen LogP contribution in [0.4, 0.5) is 0 Å². The molecule has 3 rings (SSSR count). The highest BCUT2D eigenvalue weighted by Crippen LogP contribution is 2.33. The van der Waals surface area contributed by atoms with E-state index in [-0.39, 0.29) is 12.6 Å². The molecule has 3 heteroatoms. The third-order valence-corrected chi connectivity index (χ3v) is 4.27. The minimum Gasteiger partial charge on any atom is -0.493 e. The zero-order chi connectivity index (χ0) is 15.4. The molecule has 1 aliphatic rings. The van der Waals surface area contributed by atoms with Gasteiger partial charge in [0.1, 0.15) is 5.75 Å². The topological polar surface area (TPSA) is 41.5 Å². The summed E-state index contributed by atoms with van der Waals surface area (Å²) < 4.78 is 5.83. The van der Waals surface area contributed by atoms with E-state index in [9.17, 15) is 5.11 Å². The van der Waals surface area contributed by atoms with Gasteiger partial charge in [-0.1, -0.05) is 42.5 Å². The van der Waals surface area contributed by atoms with Crippen molar-refractivity contribution in [3.05, 3.63) is 65.2 Å². The van der Waals surface area contributed by atoms with E-state index in [1.165, 1.54) is 11.1 Å². The fourth-order valence-corrected chi connectivity index (χ4v) is 3.06. The van der Waals surface area contributed by atoms with Gasteiger partial charge in [0.15, 0.2) is 0 Å². The summed E-state index contributed by atoms with van der Waals surface area (Å²) in [4.78, 5) is 0. The first kappa shape index (κ1) is 15.1. The monoisotopic (exact) mass is 297 g/mol. The average Bonchev–Trinajstić information content (AvgIpc) is 2.77. The Bertz CT molecular complexity index is 626. The molecule has 0 saturated carbocycles. The number of hydrogen-bond donors (Lipinski definition) is 2. The maximum Gasteiger partial charge on any atom is 0.124 e. The molecule has 3 nitrogen and oxygen atoms in total. The molecule has 1 aliphatic heterocycles. The van der Waals surface area contributed by atoms with Crippen molar-refractivity contribution in [2.24, 2.45) is 0 Å². The molecule has 0 fully saturated rings. The molecule has 0 radical (unpaired) electrons. The van der Waals surface area contributed by atoms with E-state index in [0.29, 0.717) is 6.04 Å². The smallest absolute Gasteiger partial charge is 0.124 e. The quantitative estimate of drug-likeness (QED) is 0.903. The van der Waals surface area contributed by atoms with Gasteiger partial charge in [-0.15, -0.1) is 0 Å². The van der Waals surface area contributed by atoms with Crippen LogP contribution in [0.25, 0.3) is 0 Å². The highest BCUT2D eigenvalue weighted by molar-refractivity contribution is 5.37. The molecular weight excluding hydrogens is 274 g/mol. The van der Waals surface area contributed by atoms with Crippen LogP contribution in [0, 0.1) is 0 Å². The van der Waals surface area contributed by atoms with Crippen molar-refractivity contribution in [1.82, 2.24) is 5.32 Å². The number of aliphatic hydroxyl groups is 1. The summed E-state index contributed by atoms with van der Waals surface area (Å²) in [5.74, 6) is 0.994. The number of aliphatic hydroxyl groups excluding tert-OH is 1. The summed E-state index contributed by atoms with van der Waals surface area (Å²) in [7, 11) is 0. The molecular formula is C19H23NO2. The summed E-state index contributed by atoms with van der Waals surface area (Å²) in [6.45, 7) is 3.04. The van der Waals surface area contributed by atoms with Crippen LogP contribution in [0.1, 0.15) is 48.5 Å². The standard InChI is InChI=1S/C19H23NO2/c1-14(16-7-4-6-15(12-16)13-21)20-18-9-5-11-22-19-10-3-2-8-17(18)19/h2-4,6-8,10,12,14,18,20-21H,5,9,11,13H2,1H3. The number of nitrogens with one attached hydrogen (secondary N) is 1. The van der Waals surface area contributed by atoms with Crippen molar-refractivity contribution in [2.45, 2.75) is 38.5 Å². The Morgan fingerprint density at radius 2 is 2.09 bits per heavy atom. The predicted molar refractivity (Wildman–Crippen MR) is 87.8 cm³/mol. The summed E-state index contributed by atoms with van der Waals surface area (Å²) in [6, 6.07) is 16.9. The number of fused-ring (bicyclic) bond motifs is 1. The van der Waals surface area contributed by atoms with Gasteiger partial charge in [-0.2, -0.15) is 0 Å². The van der Waals surface area contributed by atoms with Crippen molar-refractivity contribution >= 4 is 0 Å². The van der Waals surface area contributed by atoms with Crippen molar-refractivity contribution < 1.29 is 9.84 Å². The molecule has 2 aromatic carbocycles. The summed E-state index contributed by atoms with van der Waals surface area (Å²) in [5.41, 5.74) is 3.40. The Balaban J connectivity index is 1.79. The number of ether oxygens (including phenoxy) is 1. The molecule has 2 atom stereocenters. The Labute approximate surface area is 131 Å². The second-order valence-electron chi connectivity index (χ2n) is 5.87. The number of hydrogen-bond acceptors (Lipinski definition) is 3.